The van der Waals surface area contributed by atoms with Crippen LogP contribution in [0.5, 0.6) is 0 Å². The van der Waals surface area contributed by atoms with E-state index >= 15 is 0 Å². The summed E-state index contributed by atoms with van der Waals surface area (Å²) in [6.07, 6.45) is 0. The van der Waals surface area contributed by atoms with Gasteiger partial charge in [-0.05, 0) is 55.5 Å². The molecule has 1 saturated heterocycles. The second-order valence-electron chi connectivity index (χ2n) is 8.15. The minimum atomic E-state index is -0.290. The lowest BCUT2D eigenvalue weighted by Gasteiger charge is -2.36. The third-order valence-corrected chi connectivity index (χ3v) is 6.13. The molecule has 0 aromatic heterocycles. The van der Waals surface area contributed by atoms with Crippen LogP contribution < -0.4 is 9.80 Å². The molecule has 0 saturated carbocycles. The molecule has 6 nitrogen and oxygen atoms in total. The van der Waals surface area contributed by atoms with Gasteiger partial charge in [-0.1, -0.05) is 29.8 Å². The van der Waals surface area contributed by atoms with E-state index in [9.17, 15) is 14.4 Å². The maximum absolute atomic E-state index is 12.7. The van der Waals surface area contributed by atoms with Crippen molar-refractivity contribution in [2.24, 2.45) is 0 Å². The standard InChI is InChI=1S/C26H23N3O3/c1-18-6-8-19(9-7-18)24(30)28-16-14-27(15-17-28)20-10-12-21(13-11-20)29-25(31)22-4-2-3-5-23(22)26(29)32/h2-13H,14-17H2,1H3. The van der Waals surface area contributed by atoms with Crippen molar-refractivity contribution in [1.29, 1.82) is 0 Å². The molecule has 2 heterocycles. The minimum Gasteiger partial charge on any atom is -0.368 e. The molecule has 0 atom stereocenters. The summed E-state index contributed by atoms with van der Waals surface area (Å²) < 4.78 is 0. The zero-order valence-electron chi connectivity index (χ0n) is 17.8. The van der Waals surface area contributed by atoms with Crippen LogP contribution in [0.15, 0.2) is 72.8 Å². The molecule has 160 valence electrons. The summed E-state index contributed by atoms with van der Waals surface area (Å²) in [4.78, 5) is 43.4. The van der Waals surface area contributed by atoms with Crippen LogP contribution in [0.1, 0.15) is 36.6 Å². The van der Waals surface area contributed by atoms with Gasteiger partial charge in [0, 0.05) is 37.4 Å². The predicted octanol–water partition coefficient (Wildman–Crippen LogP) is 3.76. The topological polar surface area (TPSA) is 60.9 Å². The molecule has 0 radical (unpaired) electrons. The van der Waals surface area contributed by atoms with Gasteiger partial charge in [-0.3, -0.25) is 14.4 Å². The molecule has 3 amide bonds. The molecule has 32 heavy (non-hydrogen) atoms. The second-order valence-corrected chi connectivity index (χ2v) is 8.15. The highest BCUT2D eigenvalue weighted by Gasteiger charge is 2.36. The third kappa shape index (κ3) is 3.43. The van der Waals surface area contributed by atoms with Crippen molar-refractivity contribution < 1.29 is 14.4 Å². The Labute approximate surface area is 186 Å². The SMILES string of the molecule is Cc1ccc(C(=O)N2CCN(c3ccc(N4C(=O)c5ccccc5C4=O)cc3)CC2)cc1. The first-order chi connectivity index (χ1) is 15.5. The van der Waals surface area contributed by atoms with Crippen molar-refractivity contribution in [2.45, 2.75) is 6.92 Å². The fourth-order valence-electron chi connectivity index (χ4n) is 4.28. The Morgan fingerprint density at radius 1 is 0.688 bits per heavy atom. The summed E-state index contributed by atoms with van der Waals surface area (Å²) in [5.74, 6) is -0.520. The molecule has 6 heteroatoms. The molecule has 0 bridgehead atoms. The normalized spacial score (nSPS) is 15.8. The Morgan fingerprint density at radius 3 is 1.78 bits per heavy atom. The number of fused-ring (bicyclic) bond motifs is 1. The van der Waals surface area contributed by atoms with E-state index in [4.69, 9.17) is 0 Å². The van der Waals surface area contributed by atoms with E-state index in [1.165, 1.54) is 4.90 Å². The lowest BCUT2D eigenvalue weighted by Crippen LogP contribution is -2.48. The number of hydrogen-bond donors (Lipinski definition) is 0. The number of carbonyl (C=O) groups is 3. The van der Waals surface area contributed by atoms with Gasteiger partial charge in [0.25, 0.3) is 17.7 Å². The number of amides is 3. The predicted molar refractivity (Wildman–Crippen MR) is 123 cm³/mol. The van der Waals surface area contributed by atoms with Gasteiger partial charge in [-0.15, -0.1) is 0 Å². The number of anilines is 2. The Bertz CT molecular complexity index is 1160. The molecular weight excluding hydrogens is 402 g/mol. The van der Waals surface area contributed by atoms with Gasteiger partial charge in [0.2, 0.25) is 0 Å². The maximum Gasteiger partial charge on any atom is 0.266 e. The summed E-state index contributed by atoms with van der Waals surface area (Å²) in [6, 6.07) is 22.0. The van der Waals surface area contributed by atoms with Gasteiger partial charge in [0.1, 0.15) is 0 Å². The van der Waals surface area contributed by atoms with Crippen LogP contribution in [0, 0.1) is 6.92 Å². The van der Waals surface area contributed by atoms with Crippen LogP contribution in [0.25, 0.3) is 0 Å². The van der Waals surface area contributed by atoms with E-state index in [0.717, 1.165) is 24.3 Å². The third-order valence-electron chi connectivity index (χ3n) is 6.13. The van der Waals surface area contributed by atoms with Crippen molar-refractivity contribution in [3.05, 3.63) is 95.1 Å². The number of carbonyl (C=O) groups excluding carboxylic acids is 3. The highest BCUT2D eigenvalue weighted by Crippen LogP contribution is 2.30. The number of rotatable bonds is 3. The second kappa shape index (κ2) is 7.96. The summed E-state index contributed by atoms with van der Waals surface area (Å²) in [6.45, 7) is 4.75. The number of aryl methyl sites for hydroxylation is 1. The van der Waals surface area contributed by atoms with Crippen molar-refractivity contribution in [2.75, 3.05) is 36.0 Å². The summed E-state index contributed by atoms with van der Waals surface area (Å²) in [7, 11) is 0. The maximum atomic E-state index is 12.7. The highest BCUT2D eigenvalue weighted by molar-refractivity contribution is 6.34. The van der Waals surface area contributed by atoms with Gasteiger partial charge >= 0.3 is 0 Å². The van der Waals surface area contributed by atoms with E-state index < -0.39 is 0 Å². The van der Waals surface area contributed by atoms with Crippen molar-refractivity contribution >= 4 is 29.1 Å². The molecule has 3 aromatic rings. The number of hydrogen-bond acceptors (Lipinski definition) is 4. The zero-order valence-corrected chi connectivity index (χ0v) is 17.8. The molecule has 0 unspecified atom stereocenters. The van der Waals surface area contributed by atoms with Gasteiger partial charge in [0.15, 0.2) is 0 Å². The van der Waals surface area contributed by atoms with E-state index in [1.54, 1.807) is 36.4 Å². The fourth-order valence-corrected chi connectivity index (χ4v) is 4.28. The Morgan fingerprint density at radius 2 is 1.22 bits per heavy atom. The Kier molecular flexibility index (Phi) is 4.98. The molecule has 3 aromatic carbocycles. The van der Waals surface area contributed by atoms with Gasteiger partial charge in [0.05, 0.1) is 16.8 Å². The smallest absolute Gasteiger partial charge is 0.266 e. The molecule has 0 spiro atoms. The van der Waals surface area contributed by atoms with E-state index in [1.807, 2.05) is 48.2 Å². The van der Waals surface area contributed by atoms with Crippen LogP contribution >= 0.6 is 0 Å². The van der Waals surface area contributed by atoms with Gasteiger partial charge < -0.3 is 9.80 Å². The number of piperazine rings is 1. The van der Waals surface area contributed by atoms with E-state index in [-0.39, 0.29) is 17.7 Å². The first kappa shape index (κ1) is 20.0. The quantitative estimate of drug-likeness (QED) is 0.600. The Balaban J connectivity index is 1.25. The molecule has 2 aliphatic heterocycles. The fraction of sp³-hybridized carbons (Fsp3) is 0.192. The van der Waals surface area contributed by atoms with Crippen LogP contribution in [-0.4, -0.2) is 48.8 Å². The summed E-state index contributed by atoms with van der Waals surface area (Å²) in [5, 5.41) is 0. The molecule has 1 fully saturated rings. The minimum absolute atomic E-state index is 0.0608. The van der Waals surface area contributed by atoms with Crippen LogP contribution in [0.3, 0.4) is 0 Å². The molecule has 0 aliphatic carbocycles. The zero-order chi connectivity index (χ0) is 22.2. The first-order valence-corrected chi connectivity index (χ1v) is 10.7. The van der Waals surface area contributed by atoms with Crippen LogP contribution in [-0.2, 0) is 0 Å². The van der Waals surface area contributed by atoms with Crippen LogP contribution in [0.2, 0.25) is 0 Å². The summed E-state index contributed by atoms with van der Waals surface area (Å²) in [5.41, 5.74) is 4.30. The highest BCUT2D eigenvalue weighted by atomic mass is 16.2. The molecular formula is C26H23N3O3. The Hall–Kier alpha value is -3.93. The molecule has 0 N–H and O–H groups in total. The van der Waals surface area contributed by atoms with Gasteiger partial charge in [-0.25, -0.2) is 4.90 Å². The van der Waals surface area contributed by atoms with Crippen LogP contribution in [0.4, 0.5) is 11.4 Å². The van der Waals surface area contributed by atoms with Gasteiger partial charge in [-0.2, -0.15) is 0 Å². The first-order valence-electron chi connectivity index (χ1n) is 10.7. The number of benzene rings is 3. The largest absolute Gasteiger partial charge is 0.368 e. The molecule has 5 rings (SSSR count). The van der Waals surface area contributed by atoms with E-state index in [0.29, 0.717) is 35.5 Å². The average molecular weight is 425 g/mol. The number of imide groups is 1. The van der Waals surface area contributed by atoms with E-state index in [2.05, 4.69) is 4.90 Å². The average Bonchev–Trinajstić information content (AvgIpc) is 3.09. The van der Waals surface area contributed by atoms with Crippen molar-refractivity contribution in [3.63, 3.8) is 0 Å². The lowest BCUT2D eigenvalue weighted by atomic mass is 10.1. The van der Waals surface area contributed by atoms with Crippen molar-refractivity contribution in [3.8, 4) is 0 Å². The summed E-state index contributed by atoms with van der Waals surface area (Å²) >= 11 is 0. The molecule has 2 aliphatic rings. The monoisotopic (exact) mass is 425 g/mol. The lowest BCUT2D eigenvalue weighted by molar-refractivity contribution is 0.0746. The van der Waals surface area contributed by atoms with Crippen molar-refractivity contribution in [1.82, 2.24) is 4.90 Å². The number of nitrogens with zero attached hydrogens (tertiary/aromatic N) is 3.